The van der Waals surface area contributed by atoms with Gasteiger partial charge in [-0.25, -0.2) is 4.39 Å². The molecule has 0 aromatic heterocycles. The van der Waals surface area contributed by atoms with Gasteiger partial charge >= 0.3 is 5.97 Å². The van der Waals surface area contributed by atoms with Gasteiger partial charge in [0.15, 0.2) is 6.61 Å². The Morgan fingerprint density at radius 1 is 1.12 bits per heavy atom. The third-order valence-corrected chi connectivity index (χ3v) is 4.62. The average molecular weight is 382 g/mol. The zero-order valence-electron chi connectivity index (χ0n) is 13.0. The Kier molecular flexibility index (Phi) is 4.97. The second kappa shape index (κ2) is 7.02. The molecular weight excluding hydrogens is 368 g/mol. The summed E-state index contributed by atoms with van der Waals surface area (Å²) in [5.74, 6) is -1.55. The molecule has 25 heavy (non-hydrogen) atoms. The van der Waals surface area contributed by atoms with E-state index in [4.69, 9.17) is 27.9 Å². The van der Waals surface area contributed by atoms with Crippen LogP contribution >= 0.6 is 23.2 Å². The molecule has 4 nitrogen and oxygen atoms in total. The van der Waals surface area contributed by atoms with E-state index in [-0.39, 0.29) is 5.02 Å². The smallest absolute Gasteiger partial charge is 0.317 e. The number of hydrogen-bond acceptors (Lipinski definition) is 3. The van der Waals surface area contributed by atoms with E-state index in [9.17, 15) is 14.0 Å². The number of amides is 1. The van der Waals surface area contributed by atoms with Crippen LogP contribution in [0.3, 0.4) is 0 Å². The van der Waals surface area contributed by atoms with Gasteiger partial charge in [0.05, 0.1) is 10.4 Å². The van der Waals surface area contributed by atoms with Crippen LogP contribution in [0.5, 0.6) is 0 Å². The first-order valence-electron chi connectivity index (χ1n) is 7.59. The molecule has 1 amide bonds. The minimum absolute atomic E-state index is 0.102. The van der Waals surface area contributed by atoms with Crippen molar-refractivity contribution in [2.24, 2.45) is 0 Å². The van der Waals surface area contributed by atoms with Crippen LogP contribution in [-0.4, -0.2) is 18.5 Å². The van der Waals surface area contributed by atoms with Crippen LogP contribution < -0.4 is 5.32 Å². The van der Waals surface area contributed by atoms with Crippen molar-refractivity contribution in [2.45, 2.75) is 18.3 Å². The summed E-state index contributed by atoms with van der Waals surface area (Å²) >= 11 is 11.5. The molecule has 7 heteroatoms. The lowest BCUT2D eigenvalue weighted by molar-refractivity contribution is -0.150. The molecule has 0 spiro atoms. The Bertz CT molecular complexity index is 820. The number of halogens is 3. The normalized spacial score (nSPS) is 14.7. The molecule has 1 aliphatic rings. The van der Waals surface area contributed by atoms with Crippen molar-refractivity contribution in [3.05, 3.63) is 63.9 Å². The van der Waals surface area contributed by atoms with Crippen molar-refractivity contribution in [2.75, 3.05) is 11.9 Å². The van der Waals surface area contributed by atoms with E-state index in [0.717, 1.165) is 11.6 Å². The Morgan fingerprint density at radius 2 is 1.80 bits per heavy atom. The fourth-order valence-corrected chi connectivity index (χ4v) is 2.85. The first kappa shape index (κ1) is 17.7. The summed E-state index contributed by atoms with van der Waals surface area (Å²) in [7, 11) is 0. The molecule has 1 aliphatic carbocycles. The van der Waals surface area contributed by atoms with E-state index in [1.807, 2.05) is 0 Å². The lowest BCUT2D eigenvalue weighted by Crippen LogP contribution is -2.28. The quantitative estimate of drug-likeness (QED) is 0.783. The predicted octanol–water partition coefficient (Wildman–Crippen LogP) is 4.35. The number of carbonyl (C=O) groups is 2. The predicted molar refractivity (Wildman–Crippen MR) is 93.4 cm³/mol. The Labute approximate surface area is 153 Å². The molecule has 0 saturated heterocycles. The van der Waals surface area contributed by atoms with Gasteiger partial charge in [0.25, 0.3) is 5.91 Å². The Balaban J connectivity index is 1.57. The van der Waals surface area contributed by atoms with Gasteiger partial charge < -0.3 is 10.1 Å². The van der Waals surface area contributed by atoms with E-state index in [0.29, 0.717) is 23.6 Å². The van der Waals surface area contributed by atoms with E-state index in [1.165, 1.54) is 12.1 Å². The summed E-state index contributed by atoms with van der Waals surface area (Å²) in [5, 5.41) is 2.99. The van der Waals surface area contributed by atoms with Crippen molar-refractivity contribution < 1.29 is 18.7 Å². The van der Waals surface area contributed by atoms with Gasteiger partial charge in [0.2, 0.25) is 0 Å². The zero-order chi connectivity index (χ0) is 18.0. The minimum Gasteiger partial charge on any atom is -0.455 e. The number of rotatable bonds is 5. The molecule has 0 atom stereocenters. The molecule has 0 heterocycles. The lowest BCUT2D eigenvalue weighted by Gasteiger charge is -2.15. The highest BCUT2D eigenvalue weighted by molar-refractivity contribution is 6.31. The lowest BCUT2D eigenvalue weighted by atomic mass is 9.96. The first-order valence-corrected chi connectivity index (χ1v) is 8.34. The van der Waals surface area contributed by atoms with Crippen LogP contribution in [0, 0.1) is 5.82 Å². The number of carbonyl (C=O) groups excluding carboxylic acids is 2. The fraction of sp³-hybridized carbons (Fsp3) is 0.222. The maximum absolute atomic E-state index is 13.1. The molecule has 1 fully saturated rings. The molecule has 1 saturated carbocycles. The Hall–Kier alpha value is -2.11. The van der Waals surface area contributed by atoms with E-state index < -0.39 is 29.7 Å². The van der Waals surface area contributed by atoms with Gasteiger partial charge in [-0.3, -0.25) is 9.59 Å². The summed E-state index contributed by atoms with van der Waals surface area (Å²) < 4.78 is 18.2. The number of benzene rings is 2. The van der Waals surface area contributed by atoms with Gasteiger partial charge in [-0.15, -0.1) is 0 Å². The van der Waals surface area contributed by atoms with Crippen LogP contribution in [0.25, 0.3) is 0 Å². The molecule has 3 rings (SSSR count). The SMILES string of the molecule is O=C(COC(=O)C1(c2ccc(Cl)cc2)CC1)Nc1ccc(F)c(Cl)c1. The third-order valence-electron chi connectivity index (χ3n) is 4.08. The van der Waals surface area contributed by atoms with Gasteiger partial charge in [-0.2, -0.15) is 0 Å². The van der Waals surface area contributed by atoms with Gasteiger partial charge in [-0.05, 0) is 48.7 Å². The minimum atomic E-state index is -0.690. The van der Waals surface area contributed by atoms with E-state index in [1.54, 1.807) is 24.3 Å². The van der Waals surface area contributed by atoms with Gasteiger partial charge in [-0.1, -0.05) is 35.3 Å². The molecule has 130 valence electrons. The highest BCUT2D eigenvalue weighted by atomic mass is 35.5. The highest BCUT2D eigenvalue weighted by Crippen LogP contribution is 2.49. The molecule has 0 radical (unpaired) electrons. The van der Waals surface area contributed by atoms with Crippen LogP contribution in [0.2, 0.25) is 10.0 Å². The molecular formula is C18H14Cl2FNO3. The fourth-order valence-electron chi connectivity index (χ4n) is 2.54. The average Bonchev–Trinajstić information content (AvgIpc) is 3.38. The number of nitrogens with one attached hydrogen (secondary N) is 1. The van der Waals surface area contributed by atoms with Crippen LogP contribution in [-0.2, 0) is 19.7 Å². The van der Waals surface area contributed by atoms with Crippen LogP contribution in [0.4, 0.5) is 10.1 Å². The molecule has 2 aromatic rings. The maximum atomic E-state index is 13.1. The molecule has 0 aliphatic heterocycles. The van der Waals surface area contributed by atoms with Gasteiger partial charge in [0.1, 0.15) is 5.82 Å². The maximum Gasteiger partial charge on any atom is 0.317 e. The highest BCUT2D eigenvalue weighted by Gasteiger charge is 2.52. The topological polar surface area (TPSA) is 55.4 Å². The van der Waals surface area contributed by atoms with Crippen molar-refractivity contribution >= 4 is 40.8 Å². The van der Waals surface area contributed by atoms with E-state index >= 15 is 0 Å². The molecule has 1 N–H and O–H groups in total. The molecule has 2 aromatic carbocycles. The second-order valence-corrected chi connectivity index (χ2v) is 6.69. The van der Waals surface area contributed by atoms with Crippen molar-refractivity contribution in [3.8, 4) is 0 Å². The molecule has 0 unspecified atom stereocenters. The van der Waals surface area contributed by atoms with Crippen LogP contribution in [0.1, 0.15) is 18.4 Å². The van der Waals surface area contributed by atoms with Crippen molar-refractivity contribution in [3.63, 3.8) is 0 Å². The summed E-state index contributed by atoms with van der Waals surface area (Å²) in [5.41, 5.74) is 0.461. The summed E-state index contributed by atoms with van der Waals surface area (Å²) in [6.45, 7) is -0.427. The first-order chi connectivity index (χ1) is 11.9. The summed E-state index contributed by atoms with van der Waals surface area (Å²) in [6.07, 6.45) is 1.34. The number of hydrogen-bond donors (Lipinski definition) is 1. The standard InChI is InChI=1S/C18H14Cl2FNO3/c19-12-3-1-11(2-4-12)18(7-8-18)17(24)25-10-16(23)22-13-5-6-15(21)14(20)9-13/h1-6,9H,7-8,10H2,(H,22,23). The largest absolute Gasteiger partial charge is 0.455 e. The monoisotopic (exact) mass is 381 g/mol. The van der Waals surface area contributed by atoms with Crippen molar-refractivity contribution in [1.82, 2.24) is 0 Å². The number of esters is 1. The van der Waals surface area contributed by atoms with E-state index in [2.05, 4.69) is 5.32 Å². The Morgan fingerprint density at radius 3 is 2.40 bits per heavy atom. The summed E-state index contributed by atoms with van der Waals surface area (Å²) in [6, 6.07) is 10.8. The van der Waals surface area contributed by atoms with Gasteiger partial charge in [0, 0.05) is 10.7 Å². The number of anilines is 1. The zero-order valence-corrected chi connectivity index (χ0v) is 14.5. The second-order valence-electron chi connectivity index (χ2n) is 5.84. The van der Waals surface area contributed by atoms with Crippen molar-refractivity contribution in [1.29, 1.82) is 0 Å². The molecule has 0 bridgehead atoms. The summed E-state index contributed by atoms with van der Waals surface area (Å²) in [4.78, 5) is 24.3. The third kappa shape index (κ3) is 3.94. The van der Waals surface area contributed by atoms with Crippen LogP contribution in [0.15, 0.2) is 42.5 Å². The number of ether oxygens (including phenoxy) is 1.